The second-order valence-electron chi connectivity index (χ2n) is 16.7. The summed E-state index contributed by atoms with van der Waals surface area (Å²) in [6, 6.07) is 74.8. The molecule has 1 aromatic heterocycles. The molecule has 0 saturated carbocycles. The molecule has 0 amide bonds. The van der Waals surface area contributed by atoms with E-state index in [-0.39, 0.29) is 0 Å². The van der Waals surface area contributed by atoms with Crippen molar-refractivity contribution in [3.63, 3.8) is 0 Å². The molecule has 11 aromatic rings. The van der Waals surface area contributed by atoms with Crippen molar-refractivity contribution in [2.75, 3.05) is 0 Å². The summed E-state index contributed by atoms with van der Waals surface area (Å²) in [7, 11) is 0. The molecule has 0 N–H and O–H groups in total. The lowest BCUT2D eigenvalue weighted by Crippen LogP contribution is -1.96. The van der Waals surface area contributed by atoms with E-state index in [1.54, 1.807) is 0 Å². The molecule has 0 bridgehead atoms. The third kappa shape index (κ3) is 6.86. The van der Waals surface area contributed by atoms with Gasteiger partial charge in [-0.2, -0.15) is 0 Å². The molecule has 0 fully saturated rings. The predicted molar refractivity (Wildman–Crippen MR) is 268 cm³/mol. The molecule has 298 valence electrons. The number of nitrogens with zero attached hydrogens (tertiary/aromatic N) is 1. The van der Waals surface area contributed by atoms with Crippen molar-refractivity contribution in [2.24, 2.45) is 0 Å². The number of hydrogen-bond acceptors (Lipinski definition) is 0. The fourth-order valence-electron chi connectivity index (χ4n) is 9.69. The fraction of sp³-hybridized carbons (Fsp3) is 0.0820. The standard InChI is InChI=1S/C44H35N.C17H14/c1-28-12-5-7-15-35(28)43-29(2)20-25-36(30(43)3)37-26-27-42-44(31(37)4)40-17-9-10-19-41(40)45(42)34-23-21-33(22-24-34)39-18-11-14-32-13-6-8-16-38(32)39;1-13-9-11-15(12-10-13)17-8-4-6-14-5-2-3-7-16(14)17/h5-27H,1-4H3;2-12H,1H3. The summed E-state index contributed by atoms with van der Waals surface area (Å²) in [5, 5.41) is 7.77. The third-order valence-electron chi connectivity index (χ3n) is 12.9. The van der Waals surface area contributed by atoms with Gasteiger partial charge in [-0.25, -0.2) is 0 Å². The van der Waals surface area contributed by atoms with Crippen molar-refractivity contribution in [3.8, 4) is 50.2 Å². The van der Waals surface area contributed by atoms with Crippen LogP contribution in [0, 0.1) is 34.6 Å². The Kier molecular flexibility index (Phi) is 10.1. The molecule has 0 aliphatic carbocycles. The Hall–Kier alpha value is -7.48. The summed E-state index contributed by atoms with van der Waals surface area (Å²) in [4.78, 5) is 0. The number of aryl methyl sites for hydroxylation is 4. The zero-order chi connectivity index (χ0) is 42.3. The Morgan fingerprint density at radius 3 is 1.45 bits per heavy atom. The minimum atomic E-state index is 1.17. The van der Waals surface area contributed by atoms with Crippen LogP contribution in [0.5, 0.6) is 0 Å². The number of benzene rings is 10. The molecule has 0 aliphatic rings. The monoisotopic (exact) mass is 795 g/mol. The molecular weight excluding hydrogens is 747 g/mol. The molecule has 62 heavy (non-hydrogen) atoms. The average Bonchev–Trinajstić information content (AvgIpc) is 3.65. The first-order valence-electron chi connectivity index (χ1n) is 21.7. The summed E-state index contributed by atoms with van der Waals surface area (Å²) < 4.78 is 2.43. The van der Waals surface area contributed by atoms with Gasteiger partial charge in [0.1, 0.15) is 0 Å². The van der Waals surface area contributed by atoms with E-state index in [1.807, 2.05) is 0 Å². The number of hydrogen-bond donors (Lipinski definition) is 0. The smallest absolute Gasteiger partial charge is 0.0544 e. The highest BCUT2D eigenvalue weighted by Crippen LogP contribution is 2.42. The quantitative estimate of drug-likeness (QED) is 0.164. The van der Waals surface area contributed by atoms with Crippen LogP contribution in [0.3, 0.4) is 0 Å². The van der Waals surface area contributed by atoms with Crippen molar-refractivity contribution in [3.05, 3.63) is 234 Å². The summed E-state index contributed by atoms with van der Waals surface area (Å²) in [5.41, 5.74) is 20.6. The minimum Gasteiger partial charge on any atom is -0.309 e. The average molecular weight is 796 g/mol. The number of aromatic nitrogens is 1. The van der Waals surface area contributed by atoms with Gasteiger partial charge in [-0.05, 0) is 147 Å². The van der Waals surface area contributed by atoms with Crippen LogP contribution in [0.25, 0.3) is 93.5 Å². The van der Waals surface area contributed by atoms with Crippen LogP contribution >= 0.6 is 0 Å². The van der Waals surface area contributed by atoms with Gasteiger partial charge in [0.2, 0.25) is 0 Å². The third-order valence-corrected chi connectivity index (χ3v) is 12.9. The summed E-state index contributed by atoms with van der Waals surface area (Å²) in [6.45, 7) is 11.1. The molecule has 0 unspecified atom stereocenters. The van der Waals surface area contributed by atoms with E-state index in [9.17, 15) is 0 Å². The molecular formula is C61H49N. The highest BCUT2D eigenvalue weighted by atomic mass is 15.0. The topological polar surface area (TPSA) is 4.93 Å². The van der Waals surface area contributed by atoms with Crippen molar-refractivity contribution >= 4 is 43.4 Å². The van der Waals surface area contributed by atoms with Crippen LogP contribution < -0.4 is 0 Å². The molecule has 1 heteroatoms. The van der Waals surface area contributed by atoms with Crippen molar-refractivity contribution in [1.82, 2.24) is 4.57 Å². The van der Waals surface area contributed by atoms with E-state index < -0.39 is 0 Å². The summed E-state index contributed by atoms with van der Waals surface area (Å²) >= 11 is 0. The van der Waals surface area contributed by atoms with Crippen molar-refractivity contribution in [1.29, 1.82) is 0 Å². The van der Waals surface area contributed by atoms with E-state index in [2.05, 4.69) is 245 Å². The zero-order valence-corrected chi connectivity index (χ0v) is 36.1. The van der Waals surface area contributed by atoms with E-state index in [0.29, 0.717) is 0 Å². The first-order chi connectivity index (χ1) is 30.4. The summed E-state index contributed by atoms with van der Waals surface area (Å²) in [6.07, 6.45) is 0. The molecule has 10 aromatic carbocycles. The van der Waals surface area contributed by atoms with E-state index in [1.165, 1.54) is 121 Å². The van der Waals surface area contributed by atoms with Gasteiger partial charge in [0, 0.05) is 16.5 Å². The normalized spacial score (nSPS) is 11.3. The van der Waals surface area contributed by atoms with E-state index in [4.69, 9.17) is 0 Å². The second kappa shape index (κ2) is 16.2. The number of rotatable bonds is 5. The molecule has 0 aliphatic heterocycles. The van der Waals surface area contributed by atoms with Crippen LogP contribution in [0.1, 0.15) is 27.8 Å². The Morgan fingerprint density at radius 1 is 0.306 bits per heavy atom. The Balaban J connectivity index is 0.000000225. The van der Waals surface area contributed by atoms with E-state index >= 15 is 0 Å². The molecule has 0 saturated heterocycles. The molecule has 1 nitrogen and oxygen atoms in total. The van der Waals surface area contributed by atoms with E-state index in [0.717, 1.165) is 0 Å². The SMILES string of the molecule is Cc1ccc(-c2cccc3ccccc23)cc1.Cc1ccccc1-c1c(C)ccc(-c2ccc3c(c2C)c2ccccc2n3-c2ccc(-c3cccc4ccccc34)cc2)c1C. The zero-order valence-electron chi connectivity index (χ0n) is 36.1. The van der Waals surface area contributed by atoms with Crippen molar-refractivity contribution < 1.29 is 0 Å². The van der Waals surface area contributed by atoms with Gasteiger partial charge < -0.3 is 4.57 Å². The van der Waals surface area contributed by atoms with Gasteiger partial charge in [-0.15, -0.1) is 0 Å². The predicted octanol–water partition coefficient (Wildman–Crippen LogP) is 17.0. The Labute approximate surface area is 365 Å². The summed E-state index contributed by atoms with van der Waals surface area (Å²) in [5.74, 6) is 0. The fourth-order valence-corrected chi connectivity index (χ4v) is 9.69. The molecule has 0 spiro atoms. The van der Waals surface area contributed by atoms with Gasteiger partial charge in [-0.1, -0.05) is 188 Å². The van der Waals surface area contributed by atoms with Crippen LogP contribution in [0.2, 0.25) is 0 Å². The van der Waals surface area contributed by atoms with Crippen molar-refractivity contribution in [2.45, 2.75) is 34.6 Å². The van der Waals surface area contributed by atoms with Crippen LogP contribution in [-0.4, -0.2) is 4.57 Å². The highest BCUT2D eigenvalue weighted by molar-refractivity contribution is 6.13. The van der Waals surface area contributed by atoms with Crippen LogP contribution in [0.15, 0.2) is 206 Å². The van der Waals surface area contributed by atoms with Crippen LogP contribution in [0.4, 0.5) is 0 Å². The number of fused-ring (bicyclic) bond motifs is 5. The second-order valence-corrected chi connectivity index (χ2v) is 16.7. The maximum atomic E-state index is 2.43. The lowest BCUT2D eigenvalue weighted by atomic mass is 9.86. The Morgan fingerprint density at radius 2 is 0.806 bits per heavy atom. The minimum absolute atomic E-state index is 1.17. The number of para-hydroxylation sites is 1. The van der Waals surface area contributed by atoms with Gasteiger partial charge >= 0.3 is 0 Å². The van der Waals surface area contributed by atoms with Gasteiger partial charge in [0.15, 0.2) is 0 Å². The molecule has 0 radical (unpaired) electrons. The lowest BCUT2D eigenvalue weighted by molar-refractivity contribution is 1.18. The molecule has 11 rings (SSSR count). The largest absolute Gasteiger partial charge is 0.309 e. The lowest BCUT2D eigenvalue weighted by Gasteiger charge is -2.18. The van der Waals surface area contributed by atoms with Crippen LogP contribution in [-0.2, 0) is 0 Å². The first-order valence-corrected chi connectivity index (χ1v) is 21.7. The van der Waals surface area contributed by atoms with Gasteiger partial charge in [-0.3, -0.25) is 0 Å². The Bertz CT molecular complexity index is 3420. The van der Waals surface area contributed by atoms with Gasteiger partial charge in [0.25, 0.3) is 0 Å². The first kappa shape index (κ1) is 38.7. The molecule has 0 atom stereocenters. The molecule has 1 heterocycles. The highest BCUT2D eigenvalue weighted by Gasteiger charge is 2.19. The maximum absolute atomic E-state index is 2.43. The van der Waals surface area contributed by atoms with Gasteiger partial charge in [0.05, 0.1) is 11.0 Å². The maximum Gasteiger partial charge on any atom is 0.0544 e.